The molecule has 9 aromatic carbocycles. The van der Waals surface area contributed by atoms with Crippen LogP contribution in [0.4, 0.5) is 34.1 Å². The molecule has 117 heavy (non-hydrogen) atoms. The SMILES string of the molecule is CC1(C)CC(C)(c2ccc(O)c(NC(=O)c3cccc(C(=O)Nc4cc5c(cc4O)C(C)(C)CC5(C)c4ccc(O)c(NC(=O)C5C6C=CC(C6)C5C(=O)O)c4)c3)c2)c2cc(NC(=O)c3ccc(Oc4ccc(C(=O)Nc5cc(C6(C)CC(C)(C)c7cc(O)c(NC(=O)C8C9C=CC(C9)C8C(=O)O)cc76)ccc5O)cc4)cc3)c(O)cc21. The zero-order chi connectivity index (χ0) is 83.2. The van der Waals surface area contributed by atoms with Crippen LogP contribution in [0.3, 0.4) is 0 Å². The molecule has 6 amide bonds. The van der Waals surface area contributed by atoms with Crippen molar-refractivity contribution in [1.82, 2.24) is 0 Å². The van der Waals surface area contributed by atoms with Crippen LogP contribution < -0.4 is 36.6 Å². The van der Waals surface area contributed by atoms with E-state index in [0.29, 0.717) is 54.7 Å². The van der Waals surface area contributed by atoms with Gasteiger partial charge in [0.1, 0.15) is 46.0 Å². The van der Waals surface area contributed by atoms with Crippen LogP contribution in [0.1, 0.15) is 186 Å². The number of carbonyl (C=O) groups is 8. The van der Waals surface area contributed by atoms with Gasteiger partial charge in [-0.3, -0.25) is 38.4 Å². The molecule has 0 aliphatic heterocycles. The van der Waals surface area contributed by atoms with Crippen LogP contribution in [-0.4, -0.2) is 88.2 Å². The molecule has 0 radical (unpaired) electrons. The van der Waals surface area contributed by atoms with Crippen LogP contribution in [-0.2, 0) is 51.7 Å². The minimum atomic E-state index is -1.05. The van der Waals surface area contributed by atoms with Crippen molar-refractivity contribution in [3.05, 3.63) is 260 Å². The molecule has 16 rings (SSSR count). The van der Waals surface area contributed by atoms with E-state index in [9.17, 15) is 79.2 Å². The summed E-state index contributed by atoms with van der Waals surface area (Å²) in [5, 5.41) is 105. The molecule has 11 unspecified atom stereocenters. The number of benzene rings is 9. The number of amides is 6. The Hall–Kier alpha value is -13.2. The molecule has 4 bridgehead atoms. The Labute approximate surface area is 674 Å². The third-order valence-corrected chi connectivity index (χ3v) is 26.1. The molecule has 23 heteroatoms. The molecule has 11 atom stereocenters. The molecule has 0 spiro atoms. The van der Waals surface area contributed by atoms with Crippen LogP contribution in [0.25, 0.3) is 0 Å². The fraction of sp³-hybridized carbons (Fsp3) is 0.298. The number of carboxylic acids is 2. The molecule has 7 aliphatic rings. The van der Waals surface area contributed by atoms with Gasteiger partial charge in [0, 0.05) is 38.5 Å². The quantitative estimate of drug-likeness (QED) is 0.0264. The molecule has 9 aromatic rings. The summed E-state index contributed by atoms with van der Waals surface area (Å²) in [5.41, 5.74) is 4.54. The Bertz CT molecular complexity index is 5830. The van der Waals surface area contributed by atoms with Crippen molar-refractivity contribution in [3.63, 3.8) is 0 Å². The molecular weight excluding hydrogens is 1490 g/mol. The van der Waals surface area contributed by atoms with Crippen molar-refractivity contribution in [2.24, 2.45) is 47.3 Å². The summed E-state index contributed by atoms with van der Waals surface area (Å²) >= 11 is 0. The number of fused-ring (bicyclic) bond motifs is 7. The first-order chi connectivity index (χ1) is 55.3. The minimum absolute atomic E-state index is 0.0734. The van der Waals surface area contributed by atoms with E-state index in [4.69, 9.17) is 4.74 Å². The summed E-state index contributed by atoms with van der Waals surface area (Å²) in [6.07, 6.45) is 10.3. The Morgan fingerprint density at radius 3 is 0.906 bits per heavy atom. The lowest BCUT2D eigenvalue weighted by Crippen LogP contribution is -2.36. The van der Waals surface area contributed by atoms with E-state index in [1.165, 1.54) is 42.5 Å². The Balaban J connectivity index is 0.558. The standard InChI is InChI=1S/C94H90N6O17/c1-89(2)43-92(7,55-22-29-72(102)66(35-55)96-83(109)52-11-10-12-53(33-52)84(110)98-69-38-63-60(41-75(69)105)90(3,4)45-94(63,9)56-23-30-73(103)67(36-56)99-85(111)77-48-13-15-50(31-48)79(77)87(113)114)62-37-68(74(104)40-59(62)89)97-82(108)47-19-26-58(27-20-47)117-57-24-17-46(18-25-57)81(107)95-65-34-54(21-28-71(65)101)93(8)44-91(5,6)61-42-76(106)70(39-64(61)93)100-86(112)78-49-14-16-51(32-49)80(78)88(115)116/h10-30,33-42,48-51,77-80,101-106H,31-32,43-45H2,1-9H3,(H,95,107)(H,96,109)(H,97,108)(H,98,110)(H,99,111)(H,100,112)(H,113,114)(H,115,116). The molecule has 598 valence electrons. The average Bonchev–Trinajstić information content (AvgIpc) is 1.58. The zero-order valence-electron chi connectivity index (χ0n) is 65.8. The van der Waals surface area contributed by atoms with Gasteiger partial charge in [0.25, 0.3) is 23.6 Å². The highest BCUT2D eigenvalue weighted by Crippen LogP contribution is 2.60. The second-order valence-corrected chi connectivity index (χ2v) is 35.3. The lowest BCUT2D eigenvalue weighted by Gasteiger charge is -2.29. The van der Waals surface area contributed by atoms with Gasteiger partial charge in [0.05, 0.1) is 57.8 Å². The number of ether oxygens (including phenoxy) is 1. The largest absolute Gasteiger partial charge is 0.506 e. The number of rotatable bonds is 19. The number of phenolic OH excluding ortho intramolecular Hbond substituents is 6. The summed E-state index contributed by atoms with van der Waals surface area (Å²) in [6.45, 7) is 18.3. The summed E-state index contributed by atoms with van der Waals surface area (Å²) in [6, 6.07) is 43.5. The van der Waals surface area contributed by atoms with Crippen LogP contribution >= 0.6 is 0 Å². The first-order valence-electron chi connectivity index (χ1n) is 39.1. The van der Waals surface area contributed by atoms with Crippen molar-refractivity contribution in [2.45, 2.75) is 127 Å². The summed E-state index contributed by atoms with van der Waals surface area (Å²) in [5.74, 6) is -10.0. The maximum atomic E-state index is 14.3. The van der Waals surface area contributed by atoms with E-state index in [-0.39, 0.29) is 115 Å². The Morgan fingerprint density at radius 1 is 0.308 bits per heavy atom. The highest BCUT2D eigenvalue weighted by atomic mass is 16.5. The smallest absolute Gasteiger partial charge is 0.307 e. The third kappa shape index (κ3) is 13.5. The summed E-state index contributed by atoms with van der Waals surface area (Å²) < 4.78 is 6.14. The van der Waals surface area contributed by atoms with Gasteiger partial charge in [-0.05, 0) is 262 Å². The molecule has 2 fully saturated rings. The van der Waals surface area contributed by atoms with Crippen molar-refractivity contribution >= 4 is 81.5 Å². The van der Waals surface area contributed by atoms with Crippen molar-refractivity contribution in [2.75, 3.05) is 31.9 Å². The molecule has 2 saturated carbocycles. The average molecular weight is 1580 g/mol. The highest BCUT2D eigenvalue weighted by molar-refractivity contribution is 6.10. The third-order valence-electron chi connectivity index (χ3n) is 26.1. The number of hydrogen-bond donors (Lipinski definition) is 14. The normalized spacial score (nSPS) is 24.6. The second kappa shape index (κ2) is 28.1. The van der Waals surface area contributed by atoms with Gasteiger partial charge in [-0.15, -0.1) is 0 Å². The van der Waals surface area contributed by atoms with Gasteiger partial charge in [-0.1, -0.05) is 111 Å². The number of allylic oxidation sites excluding steroid dienone is 4. The van der Waals surface area contributed by atoms with E-state index in [1.54, 1.807) is 121 Å². The zero-order valence-corrected chi connectivity index (χ0v) is 65.8. The van der Waals surface area contributed by atoms with Gasteiger partial charge in [0.2, 0.25) is 11.8 Å². The van der Waals surface area contributed by atoms with Crippen LogP contribution in [0.15, 0.2) is 188 Å². The predicted octanol–water partition coefficient (Wildman–Crippen LogP) is 16.6. The van der Waals surface area contributed by atoms with Gasteiger partial charge >= 0.3 is 11.9 Å². The fourth-order valence-corrected chi connectivity index (χ4v) is 20.6. The van der Waals surface area contributed by atoms with Gasteiger partial charge in [0.15, 0.2) is 0 Å². The van der Waals surface area contributed by atoms with E-state index >= 15 is 0 Å². The first-order valence-corrected chi connectivity index (χ1v) is 39.1. The number of anilines is 6. The summed E-state index contributed by atoms with van der Waals surface area (Å²) in [7, 11) is 0. The number of carboxylic acid groups (broad SMARTS) is 2. The molecule has 0 aromatic heterocycles. The maximum absolute atomic E-state index is 14.3. The van der Waals surface area contributed by atoms with E-state index in [0.717, 1.165) is 38.9 Å². The van der Waals surface area contributed by atoms with Crippen LogP contribution in [0.5, 0.6) is 46.0 Å². The number of aromatic hydroxyl groups is 6. The highest BCUT2D eigenvalue weighted by Gasteiger charge is 2.55. The lowest BCUT2D eigenvalue weighted by atomic mass is 9.75. The van der Waals surface area contributed by atoms with E-state index < -0.39 is 104 Å². The number of phenols is 6. The molecule has 7 aliphatic carbocycles. The topological polar surface area (TPSA) is 380 Å². The molecule has 0 saturated heterocycles. The van der Waals surface area contributed by atoms with Crippen molar-refractivity contribution in [1.29, 1.82) is 0 Å². The van der Waals surface area contributed by atoms with Crippen LogP contribution in [0, 0.1) is 47.3 Å². The molecule has 0 heterocycles. The number of aliphatic carboxylic acids is 2. The fourth-order valence-electron chi connectivity index (χ4n) is 20.6. The van der Waals surface area contributed by atoms with Crippen molar-refractivity contribution in [3.8, 4) is 46.0 Å². The Morgan fingerprint density at radius 2 is 0.590 bits per heavy atom. The first kappa shape index (κ1) is 77.7. The molecular formula is C94H90N6O17. The molecule has 23 nitrogen and oxygen atoms in total. The number of nitrogens with one attached hydrogen (secondary N) is 6. The predicted molar refractivity (Wildman–Crippen MR) is 440 cm³/mol. The van der Waals surface area contributed by atoms with E-state index in [2.05, 4.69) is 45.7 Å². The van der Waals surface area contributed by atoms with Crippen LogP contribution in [0.2, 0.25) is 0 Å². The second-order valence-electron chi connectivity index (χ2n) is 35.3. The lowest BCUT2D eigenvalue weighted by molar-refractivity contribution is -0.147. The minimum Gasteiger partial charge on any atom is -0.506 e. The van der Waals surface area contributed by atoms with E-state index in [1.807, 2.05) is 72.8 Å². The Kier molecular flexibility index (Phi) is 18.7. The van der Waals surface area contributed by atoms with Gasteiger partial charge in [-0.25, -0.2) is 0 Å². The van der Waals surface area contributed by atoms with Gasteiger partial charge in [-0.2, -0.15) is 0 Å². The maximum Gasteiger partial charge on any atom is 0.307 e. The summed E-state index contributed by atoms with van der Waals surface area (Å²) in [4.78, 5) is 109. The molecule has 14 N–H and O–H groups in total. The monoisotopic (exact) mass is 1570 g/mol. The number of hydrogen-bond acceptors (Lipinski definition) is 15. The van der Waals surface area contributed by atoms with Crippen molar-refractivity contribution < 1.29 is 83.9 Å². The van der Waals surface area contributed by atoms with Gasteiger partial charge < -0.3 is 77.5 Å². The number of carbonyl (C=O) groups excluding carboxylic acids is 6.